The van der Waals surface area contributed by atoms with Gasteiger partial charge in [-0.05, 0) is 28.8 Å². The number of ether oxygens (including phenoxy) is 1. The number of halogens is 1. The standard InChI is InChI=1S/C14H18BrNO4/c15-13-6-9(7-20-13)14(18)16-4-5-19-8-11(16)10-2-1-3-12(10)17/h6-7,10-12,17H,1-5,8H2/t10-,11-,12+/m1/s1. The second kappa shape index (κ2) is 5.87. The summed E-state index contributed by atoms with van der Waals surface area (Å²) >= 11 is 3.21. The van der Waals surface area contributed by atoms with Crippen LogP contribution in [0.2, 0.25) is 0 Å². The van der Waals surface area contributed by atoms with E-state index in [4.69, 9.17) is 9.15 Å². The summed E-state index contributed by atoms with van der Waals surface area (Å²) in [5.74, 6) is 0.0708. The van der Waals surface area contributed by atoms with Gasteiger partial charge < -0.3 is 19.2 Å². The van der Waals surface area contributed by atoms with Crippen LogP contribution in [0.25, 0.3) is 0 Å². The molecule has 1 N–H and O–H groups in total. The number of amides is 1. The minimum Gasteiger partial charge on any atom is -0.457 e. The molecule has 0 radical (unpaired) electrons. The third-order valence-corrected chi connectivity index (χ3v) is 4.68. The molecule has 1 aromatic heterocycles. The highest BCUT2D eigenvalue weighted by molar-refractivity contribution is 9.10. The molecule has 1 saturated carbocycles. The molecule has 1 amide bonds. The van der Waals surface area contributed by atoms with Crippen LogP contribution < -0.4 is 0 Å². The summed E-state index contributed by atoms with van der Waals surface area (Å²) in [4.78, 5) is 14.4. The quantitative estimate of drug-likeness (QED) is 0.892. The van der Waals surface area contributed by atoms with Crippen molar-refractivity contribution in [3.05, 3.63) is 22.6 Å². The van der Waals surface area contributed by atoms with Gasteiger partial charge in [-0.3, -0.25) is 4.79 Å². The van der Waals surface area contributed by atoms with E-state index < -0.39 is 0 Å². The van der Waals surface area contributed by atoms with Crippen LogP contribution in [-0.4, -0.2) is 47.8 Å². The van der Waals surface area contributed by atoms with Crippen LogP contribution in [0.3, 0.4) is 0 Å². The number of furan rings is 1. The molecule has 0 spiro atoms. The number of morpholine rings is 1. The maximum absolute atomic E-state index is 12.6. The Labute approximate surface area is 126 Å². The van der Waals surface area contributed by atoms with E-state index in [-0.39, 0.29) is 24.0 Å². The molecule has 3 atom stereocenters. The van der Waals surface area contributed by atoms with Gasteiger partial charge in [0.1, 0.15) is 6.26 Å². The summed E-state index contributed by atoms with van der Waals surface area (Å²) in [7, 11) is 0. The summed E-state index contributed by atoms with van der Waals surface area (Å²) in [6.07, 6.45) is 3.92. The number of hydrogen-bond donors (Lipinski definition) is 1. The van der Waals surface area contributed by atoms with Gasteiger partial charge in [-0.15, -0.1) is 0 Å². The molecule has 20 heavy (non-hydrogen) atoms. The fraction of sp³-hybridized carbons (Fsp3) is 0.643. The summed E-state index contributed by atoms with van der Waals surface area (Å²) in [6.45, 7) is 1.62. The minimum atomic E-state index is -0.326. The van der Waals surface area contributed by atoms with Crippen molar-refractivity contribution in [3.63, 3.8) is 0 Å². The normalized spacial score (nSPS) is 30.7. The van der Waals surface area contributed by atoms with Crippen molar-refractivity contribution >= 4 is 21.8 Å². The minimum absolute atomic E-state index is 0.0394. The first-order valence-electron chi connectivity index (χ1n) is 6.97. The van der Waals surface area contributed by atoms with E-state index in [2.05, 4.69) is 15.9 Å². The fourth-order valence-corrected chi connectivity index (χ4v) is 3.58. The molecule has 1 aliphatic carbocycles. The van der Waals surface area contributed by atoms with Crippen molar-refractivity contribution < 1.29 is 19.1 Å². The van der Waals surface area contributed by atoms with Crippen molar-refractivity contribution in [3.8, 4) is 0 Å². The number of carbonyl (C=O) groups is 1. The number of carbonyl (C=O) groups excluding carboxylic acids is 1. The summed E-state index contributed by atoms with van der Waals surface area (Å²) in [6, 6.07) is 1.64. The molecular weight excluding hydrogens is 326 g/mol. The summed E-state index contributed by atoms with van der Waals surface area (Å²) < 4.78 is 11.2. The van der Waals surface area contributed by atoms with Crippen molar-refractivity contribution in [1.29, 1.82) is 0 Å². The first kappa shape index (κ1) is 14.1. The van der Waals surface area contributed by atoms with E-state index in [9.17, 15) is 9.90 Å². The molecule has 3 rings (SSSR count). The Kier molecular flexibility index (Phi) is 4.14. The van der Waals surface area contributed by atoms with Crippen LogP contribution in [0.5, 0.6) is 0 Å². The van der Waals surface area contributed by atoms with E-state index in [0.717, 1.165) is 19.3 Å². The third kappa shape index (κ3) is 2.64. The molecule has 2 aliphatic rings. The summed E-state index contributed by atoms with van der Waals surface area (Å²) in [5, 5.41) is 10.1. The van der Waals surface area contributed by atoms with E-state index in [0.29, 0.717) is 30.0 Å². The highest BCUT2D eigenvalue weighted by atomic mass is 79.9. The second-order valence-electron chi connectivity index (χ2n) is 5.44. The molecule has 2 fully saturated rings. The van der Waals surface area contributed by atoms with Crippen molar-refractivity contribution in [1.82, 2.24) is 4.90 Å². The maximum atomic E-state index is 12.6. The lowest BCUT2D eigenvalue weighted by molar-refractivity contribution is -0.0383. The lowest BCUT2D eigenvalue weighted by atomic mass is 9.94. The Balaban J connectivity index is 1.79. The Morgan fingerprint density at radius 1 is 1.45 bits per heavy atom. The average Bonchev–Trinajstić information content (AvgIpc) is 3.07. The zero-order valence-corrected chi connectivity index (χ0v) is 12.7. The Bertz CT molecular complexity index is 489. The smallest absolute Gasteiger partial charge is 0.257 e. The van der Waals surface area contributed by atoms with E-state index in [1.54, 1.807) is 6.07 Å². The van der Waals surface area contributed by atoms with Crippen LogP contribution in [0.1, 0.15) is 29.6 Å². The van der Waals surface area contributed by atoms with Gasteiger partial charge in [0.05, 0.1) is 30.9 Å². The molecule has 2 heterocycles. The van der Waals surface area contributed by atoms with Gasteiger partial charge in [-0.25, -0.2) is 0 Å². The Morgan fingerprint density at radius 3 is 2.95 bits per heavy atom. The van der Waals surface area contributed by atoms with Gasteiger partial charge in [0.25, 0.3) is 5.91 Å². The zero-order valence-electron chi connectivity index (χ0n) is 11.1. The number of nitrogens with zero attached hydrogens (tertiary/aromatic N) is 1. The Hall–Kier alpha value is -0.850. The van der Waals surface area contributed by atoms with Gasteiger partial charge in [-0.2, -0.15) is 0 Å². The fourth-order valence-electron chi connectivity index (χ4n) is 3.24. The third-order valence-electron chi connectivity index (χ3n) is 4.27. The second-order valence-corrected chi connectivity index (χ2v) is 6.22. The van der Waals surface area contributed by atoms with Crippen molar-refractivity contribution in [2.45, 2.75) is 31.4 Å². The van der Waals surface area contributed by atoms with Crippen LogP contribution >= 0.6 is 15.9 Å². The number of aliphatic hydroxyl groups excluding tert-OH is 1. The highest BCUT2D eigenvalue weighted by Crippen LogP contribution is 2.33. The van der Waals surface area contributed by atoms with E-state index in [1.165, 1.54) is 6.26 Å². The lowest BCUT2D eigenvalue weighted by Gasteiger charge is -2.39. The van der Waals surface area contributed by atoms with E-state index >= 15 is 0 Å². The molecule has 110 valence electrons. The van der Waals surface area contributed by atoms with Crippen LogP contribution in [0, 0.1) is 5.92 Å². The molecule has 0 unspecified atom stereocenters. The maximum Gasteiger partial charge on any atom is 0.257 e. The molecule has 1 aliphatic heterocycles. The molecule has 5 nitrogen and oxygen atoms in total. The molecule has 1 saturated heterocycles. The lowest BCUT2D eigenvalue weighted by Crippen LogP contribution is -2.53. The van der Waals surface area contributed by atoms with E-state index in [1.807, 2.05) is 4.90 Å². The van der Waals surface area contributed by atoms with Crippen molar-refractivity contribution in [2.75, 3.05) is 19.8 Å². The van der Waals surface area contributed by atoms with Gasteiger partial charge in [0.2, 0.25) is 0 Å². The zero-order chi connectivity index (χ0) is 14.1. The average molecular weight is 344 g/mol. The molecule has 0 aromatic carbocycles. The predicted octanol–water partition coefficient (Wildman–Crippen LogP) is 2.04. The van der Waals surface area contributed by atoms with Crippen molar-refractivity contribution in [2.24, 2.45) is 5.92 Å². The van der Waals surface area contributed by atoms with Crippen LogP contribution in [0.15, 0.2) is 21.4 Å². The molecular formula is C14H18BrNO4. The molecule has 6 heteroatoms. The topological polar surface area (TPSA) is 62.9 Å². The van der Waals surface area contributed by atoms with Crippen LogP contribution in [-0.2, 0) is 4.74 Å². The number of aliphatic hydroxyl groups is 1. The monoisotopic (exact) mass is 343 g/mol. The SMILES string of the molecule is O=C(c1coc(Br)c1)N1CCOC[C@@H]1[C@H]1CCC[C@@H]1O. The van der Waals surface area contributed by atoms with Crippen LogP contribution in [0.4, 0.5) is 0 Å². The van der Waals surface area contributed by atoms with Gasteiger partial charge >= 0.3 is 0 Å². The molecule has 1 aromatic rings. The predicted molar refractivity (Wildman–Crippen MR) is 75.4 cm³/mol. The number of hydrogen-bond acceptors (Lipinski definition) is 4. The highest BCUT2D eigenvalue weighted by Gasteiger charge is 2.39. The largest absolute Gasteiger partial charge is 0.457 e. The molecule has 0 bridgehead atoms. The van der Waals surface area contributed by atoms with Gasteiger partial charge in [-0.1, -0.05) is 6.42 Å². The van der Waals surface area contributed by atoms with Gasteiger partial charge in [0.15, 0.2) is 4.67 Å². The number of rotatable bonds is 2. The first-order chi connectivity index (χ1) is 9.66. The van der Waals surface area contributed by atoms with Gasteiger partial charge in [0, 0.05) is 18.5 Å². The Morgan fingerprint density at radius 2 is 2.30 bits per heavy atom. The first-order valence-corrected chi connectivity index (χ1v) is 7.77. The summed E-state index contributed by atoms with van der Waals surface area (Å²) in [5.41, 5.74) is 0.538.